The first-order valence-electron chi connectivity index (χ1n) is 13.5. The molecule has 0 amide bonds. The smallest absolute Gasteiger partial charge is 0.101 e. The minimum absolute atomic E-state index is 0.644. The van der Waals surface area contributed by atoms with E-state index >= 15 is 0 Å². The fraction of sp³-hybridized carbons (Fsp3) is 0.926. The molecule has 0 spiro atoms. The maximum absolute atomic E-state index is 2.64. The van der Waals surface area contributed by atoms with E-state index < -0.39 is 0 Å². The van der Waals surface area contributed by atoms with Gasteiger partial charge in [0.25, 0.3) is 0 Å². The fourth-order valence-electron chi connectivity index (χ4n) is 4.57. The van der Waals surface area contributed by atoms with Gasteiger partial charge in [-0.05, 0) is 25.7 Å². The maximum Gasteiger partial charge on any atom is 0.101 e. The van der Waals surface area contributed by atoms with Crippen molar-refractivity contribution in [1.29, 1.82) is 0 Å². The van der Waals surface area contributed by atoms with E-state index in [1.54, 1.807) is 0 Å². The zero-order chi connectivity index (χ0) is 21.0. The SMILES string of the molecule is CCCCCCCCCCCCCCCN1C=CN(CCCC)C1CCCCC. The molecule has 29 heavy (non-hydrogen) atoms. The lowest BCUT2D eigenvalue weighted by atomic mass is 10.0. The summed E-state index contributed by atoms with van der Waals surface area (Å²) in [5, 5.41) is 0. The molecule has 2 nitrogen and oxygen atoms in total. The first kappa shape index (κ1) is 26.4. The molecule has 1 aliphatic heterocycles. The number of hydrogen-bond acceptors (Lipinski definition) is 2. The van der Waals surface area contributed by atoms with Crippen LogP contribution in [-0.4, -0.2) is 29.1 Å². The van der Waals surface area contributed by atoms with Crippen LogP contribution in [0.15, 0.2) is 12.4 Å². The molecular formula is C27H54N2. The van der Waals surface area contributed by atoms with E-state index in [4.69, 9.17) is 0 Å². The van der Waals surface area contributed by atoms with Gasteiger partial charge in [-0.15, -0.1) is 0 Å². The van der Waals surface area contributed by atoms with Gasteiger partial charge in [-0.2, -0.15) is 0 Å². The summed E-state index contributed by atoms with van der Waals surface area (Å²) in [7, 11) is 0. The minimum atomic E-state index is 0.644. The van der Waals surface area contributed by atoms with Crippen LogP contribution in [0.2, 0.25) is 0 Å². The second-order valence-electron chi connectivity index (χ2n) is 9.35. The lowest BCUT2D eigenvalue weighted by molar-refractivity contribution is 0.136. The Hall–Kier alpha value is -0.660. The number of unbranched alkanes of at least 4 members (excludes halogenated alkanes) is 15. The van der Waals surface area contributed by atoms with Gasteiger partial charge in [0.2, 0.25) is 0 Å². The average molecular weight is 407 g/mol. The lowest BCUT2D eigenvalue weighted by Crippen LogP contribution is -2.39. The Morgan fingerprint density at radius 2 is 0.828 bits per heavy atom. The van der Waals surface area contributed by atoms with Gasteiger partial charge in [-0.3, -0.25) is 0 Å². The van der Waals surface area contributed by atoms with Crippen molar-refractivity contribution in [2.45, 2.75) is 149 Å². The van der Waals surface area contributed by atoms with Gasteiger partial charge >= 0.3 is 0 Å². The standard InChI is InChI=1S/C27H54N2/c1-4-7-10-11-12-13-14-15-16-17-18-19-21-24-29-26-25-28(23-9-6-3)27(29)22-20-8-5-2/h25-27H,4-24H2,1-3H3. The minimum Gasteiger partial charge on any atom is -0.356 e. The molecule has 0 radical (unpaired) electrons. The molecule has 0 N–H and O–H groups in total. The summed E-state index contributed by atoms with van der Waals surface area (Å²) in [6.07, 6.45) is 32.2. The summed E-state index contributed by atoms with van der Waals surface area (Å²) in [5.74, 6) is 0. The first-order chi connectivity index (χ1) is 14.3. The predicted octanol–water partition coefficient (Wildman–Crippen LogP) is 8.87. The van der Waals surface area contributed by atoms with E-state index in [0.29, 0.717) is 6.17 Å². The topological polar surface area (TPSA) is 6.48 Å². The van der Waals surface area contributed by atoms with Gasteiger partial charge in [-0.1, -0.05) is 117 Å². The molecular weight excluding hydrogens is 352 g/mol. The highest BCUT2D eigenvalue weighted by Gasteiger charge is 2.24. The largest absolute Gasteiger partial charge is 0.356 e. The molecule has 1 unspecified atom stereocenters. The molecule has 172 valence electrons. The van der Waals surface area contributed by atoms with Crippen molar-refractivity contribution < 1.29 is 0 Å². The van der Waals surface area contributed by atoms with Crippen molar-refractivity contribution in [2.24, 2.45) is 0 Å². The van der Waals surface area contributed by atoms with E-state index in [-0.39, 0.29) is 0 Å². The van der Waals surface area contributed by atoms with Crippen molar-refractivity contribution in [3.63, 3.8) is 0 Å². The Balaban J connectivity index is 2.03. The van der Waals surface area contributed by atoms with Gasteiger partial charge in [-0.25, -0.2) is 0 Å². The third kappa shape index (κ3) is 13.3. The molecule has 0 saturated carbocycles. The summed E-state index contributed by atoms with van der Waals surface area (Å²) >= 11 is 0. The molecule has 1 heterocycles. The molecule has 0 aromatic carbocycles. The lowest BCUT2D eigenvalue weighted by Gasteiger charge is -2.33. The second-order valence-corrected chi connectivity index (χ2v) is 9.35. The molecule has 0 bridgehead atoms. The van der Waals surface area contributed by atoms with E-state index in [0.717, 1.165) is 0 Å². The van der Waals surface area contributed by atoms with E-state index in [2.05, 4.69) is 43.0 Å². The average Bonchev–Trinajstić information content (AvgIpc) is 3.11. The van der Waals surface area contributed by atoms with E-state index in [9.17, 15) is 0 Å². The summed E-state index contributed by atoms with van der Waals surface area (Å²) < 4.78 is 0. The molecule has 1 aliphatic rings. The van der Waals surface area contributed by atoms with Crippen molar-refractivity contribution in [3.8, 4) is 0 Å². The second kappa shape index (κ2) is 19.3. The van der Waals surface area contributed by atoms with Crippen LogP contribution < -0.4 is 0 Å². The molecule has 0 aromatic rings. The Kier molecular flexibility index (Phi) is 17.6. The van der Waals surface area contributed by atoms with Crippen molar-refractivity contribution in [3.05, 3.63) is 12.4 Å². The third-order valence-electron chi connectivity index (χ3n) is 6.57. The molecule has 0 fully saturated rings. The first-order valence-corrected chi connectivity index (χ1v) is 13.5. The van der Waals surface area contributed by atoms with Crippen LogP contribution in [0.1, 0.15) is 143 Å². The molecule has 0 saturated heterocycles. The van der Waals surface area contributed by atoms with Crippen LogP contribution in [0.3, 0.4) is 0 Å². The van der Waals surface area contributed by atoms with Crippen molar-refractivity contribution >= 4 is 0 Å². The zero-order valence-electron chi connectivity index (χ0n) is 20.5. The maximum atomic E-state index is 2.64. The number of rotatable bonds is 21. The van der Waals surface area contributed by atoms with Gasteiger partial charge < -0.3 is 9.80 Å². The summed E-state index contributed by atoms with van der Waals surface area (Å²) in [6.45, 7) is 9.41. The van der Waals surface area contributed by atoms with Crippen LogP contribution in [0, 0.1) is 0 Å². The highest BCUT2D eigenvalue weighted by atomic mass is 15.4. The molecule has 0 aliphatic carbocycles. The molecule has 0 aromatic heterocycles. The summed E-state index contributed by atoms with van der Waals surface area (Å²) in [5.41, 5.74) is 0. The van der Waals surface area contributed by atoms with Crippen molar-refractivity contribution in [1.82, 2.24) is 9.80 Å². The van der Waals surface area contributed by atoms with Gasteiger partial charge in [0.15, 0.2) is 0 Å². The fourth-order valence-corrected chi connectivity index (χ4v) is 4.57. The Morgan fingerprint density at radius 1 is 0.448 bits per heavy atom. The van der Waals surface area contributed by atoms with Gasteiger partial charge in [0, 0.05) is 25.5 Å². The van der Waals surface area contributed by atoms with Crippen molar-refractivity contribution in [2.75, 3.05) is 13.1 Å². The third-order valence-corrected chi connectivity index (χ3v) is 6.57. The van der Waals surface area contributed by atoms with Crippen LogP contribution in [0.5, 0.6) is 0 Å². The van der Waals surface area contributed by atoms with Gasteiger partial charge in [0.05, 0.1) is 0 Å². The van der Waals surface area contributed by atoms with Crippen LogP contribution in [0.4, 0.5) is 0 Å². The Bertz CT molecular complexity index is 366. The van der Waals surface area contributed by atoms with Crippen LogP contribution in [-0.2, 0) is 0 Å². The predicted molar refractivity (Wildman–Crippen MR) is 131 cm³/mol. The highest BCUT2D eigenvalue weighted by molar-refractivity contribution is 4.96. The van der Waals surface area contributed by atoms with Crippen LogP contribution in [0.25, 0.3) is 0 Å². The number of hydrogen-bond donors (Lipinski definition) is 0. The normalized spacial score (nSPS) is 16.3. The molecule has 1 rings (SSSR count). The Morgan fingerprint density at radius 3 is 1.31 bits per heavy atom. The number of nitrogens with zero attached hydrogens (tertiary/aromatic N) is 2. The zero-order valence-corrected chi connectivity index (χ0v) is 20.5. The van der Waals surface area contributed by atoms with E-state index in [1.165, 1.54) is 135 Å². The summed E-state index contributed by atoms with van der Waals surface area (Å²) in [6, 6.07) is 0. The van der Waals surface area contributed by atoms with E-state index in [1.807, 2.05) is 0 Å². The molecule has 1 atom stereocenters. The highest BCUT2D eigenvalue weighted by Crippen LogP contribution is 2.23. The molecule has 2 heteroatoms. The van der Waals surface area contributed by atoms with Gasteiger partial charge in [0.1, 0.15) is 6.17 Å². The monoisotopic (exact) mass is 406 g/mol. The van der Waals surface area contributed by atoms with Crippen LogP contribution >= 0.6 is 0 Å². The quantitative estimate of drug-likeness (QED) is 0.176. The summed E-state index contributed by atoms with van der Waals surface area (Å²) in [4.78, 5) is 5.26. The Labute approximate surface area is 184 Å².